The fraction of sp³-hybridized carbons (Fsp3) is 0.632. The zero-order valence-corrected chi connectivity index (χ0v) is 14.6. The van der Waals surface area contributed by atoms with Gasteiger partial charge in [-0.1, -0.05) is 26.0 Å². The van der Waals surface area contributed by atoms with Crippen LogP contribution >= 0.6 is 0 Å². The molecule has 0 aliphatic carbocycles. The van der Waals surface area contributed by atoms with Gasteiger partial charge < -0.3 is 15.4 Å². The Hall–Kier alpha value is -1.55. The summed E-state index contributed by atoms with van der Waals surface area (Å²) >= 11 is 0. The molecule has 0 saturated carbocycles. The van der Waals surface area contributed by atoms with Gasteiger partial charge in [-0.2, -0.15) is 0 Å². The Kier molecular flexibility index (Phi) is 6.46. The average molecular weight is 318 g/mol. The molecule has 0 radical (unpaired) electrons. The number of amides is 1. The first-order valence-corrected chi connectivity index (χ1v) is 8.86. The quantitative estimate of drug-likeness (QED) is 0.876. The summed E-state index contributed by atoms with van der Waals surface area (Å²) in [6.45, 7) is 8.28. The van der Waals surface area contributed by atoms with Gasteiger partial charge in [0.05, 0.1) is 6.61 Å². The molecule has 1 aliphatic rings. The van der Waals surface area contributed by atoms with E-state index in [0.717, 1.165) is 31.6 Å². The van der Waals surface area contributed by atoms with Gasteiger partial charge in [0.25, 0.3) is 0 Å². The van der Waals surface area contributed by atoms with Crippen LogP contribution in [0.3, 0.4) is 0 Å². The summed E-state index contributed by atoms with van der Waals surface area (Å²) in [5, 5.41) is 0. The van der Waals surface area contributed by atoms with E-state index in [1.807, 2.05) is 24.0 Å². The largest absolute Gasteiger partial charge is 0.494 e. The van der Waals surface area contributed by atoms with Crippen molar-refractivity contribution in [3.8, 4) is 5.75 Å². The molecule has 4 heteroatoms. The van der Waals surface area contributed by atoms with E-state index in [0.29, 0.717) is 19.1 Å². The monoisotopic (exact) mass is 318 g/mol. The van der Waals surface area contributed by atoms with E-state index in [1.54, 1.807) is 0 Å². The number of hydrogen-bond acceptors (Lipinski definition) is 3. The molecule has 1 aliphatic heterocycles. The third-order valence-electron chi connectivity index (χ3n) is 4.79. The van der Waals surface area contributed by atoms with Gasteiger partial charge in [0, 0.05) is 31.0 Å². The zero-order chi connectivity index (χ0) is 16.8. The van der Waals surface area contributed by atoms with E-state index in [4.69, 9.17) is 10.5 Å². The van der Waals surface area contributed by atoms with Crippen molar-refractivity contribution in [2.75, 3.05) is 19.7 Å². The van der Waals surface area contributed by atoms with Crippen LogP contribution < -0.4 is 10.5 Å². The van der Waals surface area contributed by atoms with Crippen molar-refractivity contribution in [3.63, 3.8) is 0 Å². The van der Waals surface area contributed by atoms with Gasteiger partial charge >= 0.3 is 0 Å². The summed E-state index contributed by atoms with van der Waals surface area (Å²) in [4.78, 5) is 14.7. The second kappa shape index (κ2) is 8.34. The van der Waals surface area contributed by atoms with Gasteiger partial charge in [0.2, 0.25) is 5.91 Å². The molecule has 1 aromatic rings. The molecule has 0 bridgehead atoms. The van der Waals surface area contributed by atoms with Crippen molar-refractivity contribution in [1.82, 2.24) is 4.90 Å². The molecule has 1 heterocycles. The molecule has 2 N–H and O–H groups in total. The van der Waals surface area contributed by atoms with Gasteiger partial charge in [-0.3, -0.25) is 4.79 Å². The van der Waals surface area contributed by atoms with Crippen LogP contribution in [-0.2, 0) is 4.79 Å². The van der Waals surface area contributed by atoms with Crippen LogP contribution in [0, 0.1) is 5.92 Å². The number of likely N-dealkylation sites (tertiary alicyclic amines) is 1. The second-order valence-corrected chi connectivity index (χ2v) is 6.45. The van der Waals surface area contributed by atoms with Gasteiger partial charge in [-0.15, -0.1) is 0 Å². The third-order valence-corrected chi connectivity index (χ3v) is 4.79. The Balaban J connectivity index is 2.09. The molecule has 1 amide bonds. The van der Waals surface area contributed by atoms with Crippen molar-refractivity contribution < 1.29 is 9.53 Å². The lowest BCUT2D eigenvalue weighted by Gasteiger charge is -2.38. The smallest absolute Gasteiger partial charge is 0.225 e. The van der Waals surface area contributed by atoms with E-state index in [-0.39, 0.29) is 17.9 Å². The Bertz CT molecular complexity index is 497. The lowest BCUT2D eigenvalue weighted by atomic mass is 9.87. The lowest BCUT2D eigenvalue weighted by Crippen LogP contribution is -2.50. The van der Waals surface area contributed by atoms with E-state index < -0.39 is 0 Å². The van der Waals surface area contributed by atoms with Crippen molar-refractivity contribution in [2.45, 2.75) is 52.0 Å². The zero-order valence-electron chi connectivity index (χ0n) is 14.6. The molecule has 4 nitrogen and oxygen atoms in total. The number of benzene rings is 1. The molecule has 1 fully saturated rings. The predicted octanol–water partition coefficient (Wildman–Crippen LogP) is 3.16. The molecule has 23 heavy (non-hydrogen) atoms. The number of ether oxygens (including phenoxy) is 1. The Morgan fingerprint density at radius 3 is 2.43 bits per heavy atom. The highest BCUT2D eigenvalue weighted by molar-refractivity contribution is 5.79. The first-order valence-electron chi connectivity index (χ1n) is 8.86. The summed E-state index contributed by atoms with van der Waals surface area (Å²) in [5.74, 6) is 1.59. The van der Waals surface area contributed by atoms with Crippen LogP contribution in [0.15, 0.2) is 24.3 Å². The van der Waals surface area contributed by atoms with Gasteiger partial charge in [0.15, 0.2) is 0 Å². The number of piperidine rings is 1. The highest BCUT2D eigenvalue weighted by atomic mass is 16.5. The summed E-state index contributed by atoms with van der Waals surface area (Å²) in [7, 11) is 0. The summed E-state index contributed by atoms with van der Waals surface area (Å²) in [5.41, 5.74) is 7.47. The van der Waals surface area contributed by atoms with Gasteiger partial charge in [-0.25, -0.2) is 0 Å². The predicted molar refractivity (Wildman–Crippen MR) is 93.6 cm³/mol. The van der Waals surface area contributed by atoms with E-state index >= 15 is 0 Å². The normalized spacial score (nSPS) is 21.5. The van der Waals surface area contributed by atoms with Crippen LogP contribution in [0.2, 0.25) is 0 Å². The van der Waals surface area contributed by atoms with Crippen LogP contribution in [0.4, 0.5) is 0 Å². The molecule has 2 rings (SSSR count). The summed E-state index contributed by atoms with van der Waals surface area (Å²) in [6.07, 6.45) is 2.73. The van der Waals surface area contributed by atoms with Crippen molar-refractivity contribution >= 4 is 5.91 Å². The maximum atomic E-state index is 12.7. The number of rotatable bonds is 6. The topological polar surface area (TPSA) is 55.6 Å². The highest BCUT2D eigenvalue weighted by Gasteiger charge is 2.31. The number of nitrogens with two attached hydrogens (primary N) is 1. The maximum absolute atomic E-state index is 12.7. The molecule has 1 saturated heterocycles. The van der Waals surface area contributed by atoms with Gasteiger partial charge in [0.1, 0.15) is 5.75 Å². The van der Waals surface area contributed by atoms with Crippen molar-refractivity contribution in [3.05, 3.63) is 29.8 Å². The Morgan fingerprint density at radius 1 is 1.22 bits per heavy atom. The number of nitrogens with zero attached hydrogens (tertiary/aromatic N) is 1. The average Bonchev–Trinajstić information content (AvgIpc) is 2.56. The molecule has 0 aromatic heterocycles. The maximum Gasteiger partial charge on any atom is 0.225 e. The number of carbonyl (C=O) groups excluding carboxylic acids is 1. The molecule has 1 aromatic carbocycles. The molecule has 128 valence electrons. The van der Waals surface area contributed by atoms with E-state index in [2.05, 4.69) is 26.0 Å². The van der Waals surface area contributed by atoms with Crippen LogP contribution in [-0.4, -0.2) is 36.5 Å². The molecule has 0 spiro atoms. The first kappa shape index (κ1) is 17.8. The number of hydrogen-bond donors (Lipinski definition) is 1. The number of carbonyl (C=O) groups is 1. The van der Waals surface area contributed by atoms with E-state index in [9.17, 15) is 4.79 Å². The van der Waals surface area contributed by atoms with Crippen molar-refractivity contribution in [1.29, 1.82) is 0 Å². The Morgan fingerprint density at radius 2 is 1.87 bits per heavy atom. The standard InChI is InChI=1S/C19H30N2O2/c1-4-14(5-2)19(22)21-12-16(11-17(20)13-21)15-7-9-18(10-8-15)23-6-3/h7-10,14,16-17H,4-6,11-13,20H2,1-3H3. The molecule has 2 atom stereocenters. The fourth-order valence-corrected chi connectivity index (χ4v) is 3.46. The molecular formula is C19H30N2O2. The highest BCUT2D eigenvalue weighted by Crippen LogP contribution is 2.29. The van der Waals surface area contributed by atoms with Crippen molar-refractivity contribution in [2.24, 2.45) is 11.7 Å². The lowest BCUT2D eigenvalue weighted by molar-refractivity contribution is -0.137. The summed E-state index contributed by atoms with van der Waals surface area (Å²) in [6, 6.07) is 8.28. The third kappa shape index (κ3) is 4.47. The molecule has 2 unspecified atom stereocenters. The summed E-state index contributed by atoms with van der Waals surface area (Å²) < 4.78 is 5.50. The van der Waals surface area contributed by atoms with Crippen LogP contribution in [0.25, 0.3) is 0 Å². The van der Waals surface area contributed by atoms with E-state index in [1.165, 1.54) is 5.56 Å². The minimum atomic E-state index is 0.0543. The fourth-order valence-electron chi connectivity index (χ4n) is 3.46. The Labute approximate surface area is 140 Å². The van der Waals surface area contributed by atoms with Crippen LogP contribution in [0.1, 0.15) is 51.5 Å². The minimum absolute atomic E-state index is 0.0543. The van der Waals surface area contributed by atoms with Gasteiger partial charge in [-0.05, 0) is 43.9 Å². The minimum Gasteiger partial charge on any atom is -0.494 e. The molecular weight excluding hydrogens is 288 g/mol. The SMILES string of the molecule is CCOc1ccc(C2CC(N)CN(C(=O)C(CC)CC)C2)cc1. The first-order chi connectivity index (χ1) is 11.1. The van der Waals surface area contributed by atoms with Crippen LogP contribution in [0.5, 0.6) is 5.75 Å². The second-order valence-electron chi connectivity index (χ2n) is 6.45.